The number of hydrogen-bond acceptors (Lipinski definition) is 3. The maximum Gasteiger partial charge on any atom is 0.242 e. The van der Waals surface area contributed by atoms with Crippen LogP contribution in [0.1, 0.15) is 32.8 Å². The molecule has 4 nitrogen and oxygen atoms in total. The number of carbonyl (C=O) groups excluding carboxylic acids is 2. The van der Waals surface area contributed by atoms with Crippen molar-refractivity contribution in [2.24, 2.45) is 5.92 Å². The van der Waals surface area contributed by atoms with Crippen molar-refractivity contribution in [3.8, 4) is 0 Å². The molecule has 2 aromatic rings. The van der Waals surface area contributed by atoms with Crippen LogP contribution in [0.4, 0.5) is 0 Å². The molecular formula is C24H31ClN2O2S. The fourth-order valence-electron chi connectivity index (χ4n) is 2.95. The smallest absolute Gasteiger partial charge is 0.242 e. The van der Waals surface area contributed by atoms with Crippen LogP contribution in [0, 0.1) is 5.92 Å². The lowest BCUT2D eigenvalue weighted by molar-refractivity contribution is -0.139. The summed E-state index contributed by atoms with van der Waals surface area (Å²) in [6, 6.07) is 17.1. The van der Waals surface area contributed by atoms with Gasteiger partial charge in [0.05, 0.1) is 0 Å². The molecule has 0 aromatic heterocycles. The molecule has 1 atom stereocenters. The molecule has 0 unspecified atom stereocenters. The van der Waals surface area contributed by atoms with E-state index in [4.69, 9.17) is 11.6 Å². The lowest BCUT2D eigenvalue weighted by Crippen LogP contribution is -2.49. The van der Waals surface area contributed by atoms with Crippen LogP contribution in [0.3, 0.4) is 0 Å². The van der Waals surface area contributed by atoms with E-state index in [1.54, 1.807) is 16.7 Å². The first-order chi connectivity index (χ1) is 14.4. The van der Waals surface area contributed by atoms with Crippen LogP contribution in [-0.4, -0.2) is 41.6 Å². The average Bonchev–Trinajstić information content (AvgIpc) is 2.74. The lowest BCUT2D eigenvalue weighted by Gasteiger charge is -2.29. The minimum absolute atomic E-state index is 0.000378. The van der Waals surface area contributed by atoms with Crippen LogP contribution in [-0.2, 0) is 16.0 Å². The quantitative estimate of drug-likeness (QED) is 0.491. The predicted molar refractivity (Wildman–Crippen MR) is 126 cm³/mol. The van der Waals surface area contributed by atoms with Gasteiger partial charge in [-0.2, -0.15) is 0 Å². The largest absolute Gasteiger partial charge is 0.354 e. The predicted octanol–water partition coefficient (Wildman–Crippen LogP) is 5.05. The Morgan fingerprint density at radius 3 is 2.33 bits per heavy atom. The Morgan fingerprint density at radius 1 is 1.03 bits per heavy atom. The van der Waals surface area contributed by atoms with Gasteiger partial charge in [0.25, 0.3) is 0 Å². The Bertz CT molecular complexity index is 797. The fourth-order valence-corrected chi connectivity index (χ4v) is 3.92. The van der Waals surface area contributed by atoms with Crippen molar-refractivity contribution in [1.29, 1.82) is 0 Å². The number of amides is 2. The molecule has 0 heterocycles. The van der Waals surface area contributed by atoms with E-state index in [1.807, 2.05) is 61.5 Å². The standard InChI is InChI=1S/C24H31ClN2O2S/c1-18(2)17-26-24(29)19(3)27(15-13-20-7-5-4-6-8-20)23(28)14-16-30-22-11-9-21(25)10-12-22/h4-12,18-19H,13-17H2,1-3H3,(H,26,29)/t19-/m0/s1. The van der Waals surface area contributed by atoms with Crippen molar-refractivity contribution in [3.05, 3.63) is 65.2 Å². The molecular weight excluding hydrogens is 416 g/mol. The third-order valence-corrected chi connectivity index (χ3v) is 6.00. The Hall–Kier alpha value is -1.98. The summed E-state index contributed by atoms with van der Waals surface area (Å²) in [4.78, 5) is 28.4. The number of halogens is 1. The van der Waals surface area contributed by atoms with Gasteiger partial charge in [-0.15, -0.1) is 11.8 Å². The van der Waals surface area contributed by atoms with Gasteiger partial charge in [0.15, 0.2) is 0 Å². The minimum atomic E-state index is -0.500. The number of hydrogen-bond donors (Lipinski definition) is 1. The highest BCUT2D eigenvalue weighted by atomic mass is 35.5. The monoisotopic (exact) mass is 446 g/mol. The zero-order valence-electron chi connectivity index (χ0n) is 17.9. The highest BCUT2D eigenvalue weighted by Gasteiger charge is 2.25. The summed E-state index contributed by atoms with van der Waals surface area (Å²) < 4.78 is 0. The maximum atomic E-state index is 13.0. The van der Waals surface area contributed by atoms with E-state index in [0.29, 0.717) is 36.2 Å². The van der Waals surface area contributed by atoms with Gasteiger partial charge in [-0.25, -0.2) is 0 Å². The Kier molecular flexibility index (Phi) is 10.2. The Morgan fingerprint density at radius 2 is 1.70 bits per heavy atom. The third-order valence-electron chi connectivity index (χ3n) is 4.73. The second-order valence-corrected chi connectivity index (χ2v) is 9.29. The van der Waals surface area contributed by atoms with Gasteiger partial charge in [0, 0.05) is 35.2 Å². The van der Waals surface area contributed by atoms with E-state index < -0.39 is 6.04 Å². The maximum absolute atomic E-state index is 13.0. The summed E-state index contributed by atoms with van der Waals surface area (Å²) in [7, 11) is 0. The van der Waals surface area contributed by atoms with Gasteiger partial charge >= 0.3 is 0 Å². The van der Waals surface area contributed by atoms with Crippen molar-refractivity contribution in [2.75, 3.05) is 18.8 Å². The topological polar surface area (TPSA) is 49.4 Å². The first-order valence-corrected chi connectivity index (χ1v) is 11.7. The van der Waals surface area contributed by atoms with Gasteiger partial charge in [-0.1, -0.05) is 55.8 Å². The van der Waals surface area contributed by atoms with Gasteiger partial charge in [-0.05, 0) is 49.1 Å². The van der Waals surface area contributed by atoms with E-state index in [9.17, 15) is 9.59 Å². The molecule has 6 heteroatoms. The van der Waals surface area contributed by atoms with Crippen molar-refractivity contribution >= 4 is 35.2 Å². The number of nitrogens with one attached hydrogen (secondary N) is 1. The van der Waals surface area contributed by atoms with E-state index in [2.05, 4.69) is 19.2 Å². The fraction of sp³-hybridized carbons (Fsp3) is 0.417. The molecule has 1 N–H and O–H groups in total. The van der Waals surface area contributed by atoms with E-state index in [-0.39, 0.29) is 11.8 Å². The van der Waals surface area contributed by atoms with Gasteiger partial charge < -0.3 is 10.2 Å². The molecule has 0 aliphatic rings. The molecule has 0 fully saturated rings. The number of thioether (sulfide) groups is 1. The van der Waals surface area contributed by atoms with E-state index in [1.165, 1.54) is 0 Å². The molecule has 30 heavy (non-hydrogen) atoms. The summed E-state index contributed by atoms with van der Waals surface area (Å²) >= 11 is 7.54. The third kappa shape index (κ3) is 8.41. The van der Waals surface area contributed by atoms with Crippen LogP contribution in [0.5, 0.6) is 0 Å². The second-order valence-electron chi connectivity index (χ2n) is 7.69. The molecule has 0 bridgehead atoms. The van der Waals surface area contributed by atoms with Crippen LogP contribution >= 0.6 is 23.4 Å². The molecule has 0 spiro atoms. The Labute approximate surface area is 189 Å². The van der Waals surface area contributed by atoms with Crippen LogP contribution in [0.25, 0.3) is 0 Å². The second kappa shape index (κ2) is 12.7. The van der Waals surface area contributed by atoms with Crippen LogP contribution in [0.15, 0.2) is 59.5 Å². The first-order valence-electron chi connectivity index (χ1n) is 10.4. The van der Waals surface area contributed by atoms with E-state index >= 15 is 0 Å². The summed E-state index contributed by atoms with van der Waals surface area (Å²) in [5.74, 6) is 0.920. The van der Waals surface area contributed by atoms with Crippen LogP contribution < -0.4 is 5.32 Å². The van der Waals surface area contributed by atoms with Crippen LogP contribution in [0.2, 0.25) is 5.02 Å². The molecule has 0 saturated heterocycles. The van der Waals surface area contributed by atoms with Gasteiger partial charge in [0.1, 0.15) is 6.04 Å². The summed E-state index contributed by atoms with van der Waals surface area (Å²) in [6.45, 7) is 7.04. The molecule has 2 rings (SSSR count). The number of nitrogens with zero attached hydrogens (tertiary/aromatic N) is 1. The summed E-state index contributed by atoms with van der Waals surface area (Å²) in [5, 5.41) is 3.65. The van der Waals surface area contributed by atoms with Crippen molar-refractivity contribution in [3.63, 3.8) is 0 Å². The SMILES string of the molecule is CC(C)CNC(=O)[C@H](C)N(CCc1ccccc1)C(=O)CCSc1ccc(Cl)cc1. The molecule has 162 valence electrons. The van der Waals surface area contributed by atoms with E-state index in [0.717, 1.165) is 16.9 Å². The van der Waals surface area contributed by atoms with Crippen molar-refractivity contribution < 1.29 is 9.59 Å². The highest BCUT2D eigenvalue weighted by molar-refractivity contribution is 7.99. The van der Waals surface area contributed by atoms with Crippen molar-refractivity contribution in [1.82, 2.24) is 10.2 Å². The molecule has 2 amide bonds. The summed E-state index contributed by atoms with van der Waals surface area (Å²) in [6.07, 6.45) is 1.10. The number of rotatable bonds is 11. The average molecular weight is 447 g/mol. The molecule has 0 aliphatic heterocycles. The van der Waals surface area contributed by atoms with Gasteiger partial charge in [0.2, 0.25) is 11.8 Å². The zero-order valence-corrected chi connectivity index (χ0v) is 19.5. The molecule has 2 aromatic carbocycles. The number of benzene rings is 2. The normalized spacial score (nSPS) is 11.9. The van der Waals surface area contributed by atoms with Gasteiger partial charge in [-0.3, -0.25) is 9.59 Å². The zero-order chi connectivity index (χ0) is 21.9. The van der Waals surface area contributed by atoms with Crippen molar-refractivity contribution in [2.45, 2.75) is 44.6 Å². The minimum Gasteiger partial charge on any atom is -0.354 e. The molecule has 0 aliphatic carbocycles. The Balaban J connectivity index is 1.97. The molecule has 0 radical (unpaired) electrons. The molecule has 0 saturated carbocycles. The first kappa shape index (κ1) is 24.3. The highest BCUT2D eigenvalue weighted by Crippen LogP contribution is 2.21. The summed E-state index contributed by atoms with van der Waals surface area (Å²) in [5.41, 5.74) is 1.15. The lowest BCUT2D eigenvalue weighted by atomic mass is 10.1. The number of carbonyl (C=O) groups is 2.